The highest BCUT2D eigenvalue weighted by molar-refractivity contribution is 7.86. The zero-order valence-electron chi connectivity index (χ0n) is 11.6. The summed E-state index contributed by atoms with van der Waals surface area (Å²) in [6, 6.07) is 7.62. The summed E-state index contributed by atoms with van der Waals surface area (Å²) in [7, 11) is -0.795. The maximum atomic E-state index is 12.3. The molecule has 0 radical (unpaired) electrons. The second kappa shape index (κ2) is 4.98. The lowest BCUT2D eigenvalue weighted by Crippen LogP contribution is -2.47. The van der Waals surface area contributed by atoms with Crippen LogP contribution in [0.1, 0.15) is 48.8 Å². The maximum absolute atomic E-state index is 12.3. The molecule has 1 aromatic carbocycles. The van der Waals surface area contributed by atoms with Gasteiger partial charge < -0.3 is 5.11 Å². The summed E-state index contributed by atoms with van der Waals surface area (Å²) in [4.78, 5) is 0. The Balaban J connectivity index is 2.01. The molecular formula is C16H19NO2S. The molecule has 2 bridgehead atoms. The van der Waals surface area contributed by atoms with Crippen LogP contribution in [-0.4, -0.2) is 19.8 Å². The monoisotopic (exact) mass is 289 g/mol. The SMILES string of the molecule is Cc1ccc(C#N)cc1C1(O)CC2CCCC(C1)S2=O. The van der Waals surface area contributed by atoms with E-state index in [1.54, 1.807) is 12.1 Å². The van der Waals surface area contributed by atoms with Gasteiger partial charge >= 0.3 is 0 Å². The smallest absolute Gasteiger partial charge is 0.0991 e. The molecule has 4 heteroatoms. The van der Waals surface area contributed by atoms with Crippen LogP contribution in [0.15, 0.2) is 18.2 Å². The Labute approximate surface area is 122 Å². The second-order valence-electron chi connectivity index (χ2n) is 6.08. The minimum atomic E-state index is -0.916. The van der Waals surface area contributed by atoms with Crippen molar-refractivity contribution in [3.05, 3.63) is 34.9 Å². The Bertz CT molecular complexity index is 589. The van der Waals surface area contributed by atoms with Gasteiger partial charge in [0.15, 0.2) is 0 Å². The van der Waals surface area contributed by atoms with E-state index in [1.807, 2.05) is 13.0 Å². The highest BCUT2D eigenvalue weighted by atomic mass is 32.2. The normalized spacial score (nSPS) is 36.4. The fourth-order valence-corrected chi connectivity index (χ4v) is 5.92. The van der Waals surface area contributed by atoms with E-state index in [-0.39, 0.29) is 10.5 Å². The van der Waals surface area contributed by atoms with E-state index in [2.05, 4.69) is 6.07 Å². The number of fused-ring (bicyclic) bond motifs is 2. The Morgan fingerprint density at radius 2 is 2.00 bits per heavy atom. The number of aryl methyl sites for hydroxylation is 1. The lowest BCUT2D eigenvalue weighted by Gasteiger charge is -2.44. The summed E-state index contributed by atoms with van der Waals surface area (Å²) in [6.45, 7) is 1.97. The quantitative estimate of drug-likeness (QED) is 0.864. The molecular weight excluding hydrogens is 270 g/mol. The van der Waals surface area contributed by atoms with E-state index in [0.29, 0.717) is 18.4 Å². The minimum Gasteiger partial charge on any atom is -0.385 e. The highest BCUT2D eigenvalue weighted by Crippen LogP contribution is 2.45. The van der Waals surface area contributed by atoms with Gasteiger partial charge in [0.2, 0.25) is 0 Å². The third-order valence-corrected chi connectivity index (χ3v) is 6.83. The number of benzene rings is 1. The molecule has 0 amide bonds. The molecule has 2 atom stereocenters. The predicted molar refractivity (Wildman–Crippen MR) is 78.6 cm³/mol. The van der Waals surface area contributed by atoms with Crippen LogP contribution < -0.4 is 0 Å². The summed E-state index contributed by atoms with van der Waals surface area (Å²) in [5.41, 5.74) is 1.53. The van der Waals surface area contributed by atoms with Crippen molar-refractivity contribution in [1.29, 1.82) is 5.26 Å². The van der Waals surface area contributed by atoms with Crippen LogP contribution in [0.4, 0.5) is 0 Å². The van der Waals surface area contributed by atoms with Crippen molar-refractivity contribution >= 4 is 10.8 Å². The standard InChI is InChI=1S/C16H19NO2S/c1-11-5-6-12(10-17)7-15(11)16(18)8-13-3-2-4-14(9-16)20(13)19/h5-7,13-14,18H,2-4,8-9H2,1H3. The number of hydrogen-bond donors (Lipinski definition) is 1. The molecule has 1 aromatic rings. The third kappa shape index (κ3) is 2.19. The van der Waals surface area contributed by atoms with Crippen molar-refractivity contribution in [2.24, 2.45) is 0 Å². The van der Waals surface area contributed by atoms with Crippen LogP contribution in [0.2, 0.25) is 0 Å². The molecule has 2 saturated heterocycles. The van der Waals surface area contributed by atoms with Crippen LogP contribution in [0.5, 0.6) is 0 Å². The molecule has 3 nitrogen and oxygen atoms in total. The molecule has 0 aliphatic carbocycles. The fourth-order valence-electron chi connectivity index (χ4n) is 3.70. The van der Waals surface area contributed by atoms with Gasteiger partial charge in [0.25, 0.3) is 0 Å². The average Bonchev–Trinajstić information content (AvgIpc) is 2.41. The van der Waals surface area contributed by atoms with E-state index < -0.39 is 16.4 Å². The molecule has 0 aromatic heterocycles. The third-order valence-electron chi connectivity index (χ3n) is 4.71. The molecule has 2 aliphatic heterocycles. The van der Waals surface area contributed by atoms with Gasteiger partial charge in [0.05, 0.1) is 17.2 Å². The number of nitrogens with zero attached hydrogens (tertiary/aromatic N) is 1. The molecule has 2 unspecified atom stereocenters. The molecule has 3 rings (SSSR count). The number of hydrogen-bond acceptors (Lipinski definition) is 3. The van der Waals surface area contributed by atoms with Crippen molar-refractivity contribution in [3.63, 3.8) is 0 Å². The minimum absolute atomic E-state index is 0.109. The van der Waals surface area contributed by atoms with Crippen LogP contribution in [-0.2, 0) is 16.4 Å². The Morgan fingerprint density at radius 1 is 1.35 bits per heavy atom. The van der Waals surface area contributed by atoms with Crippen LogP contribution in [0.3, 0.4) is 0 Å². The Kier molecular flexibility index (Phi) is 3.43. The molecule has 2 heterocycles. The first kappa shape index (κ1) is 13.8. The summed E-state index contributed by atoms with van der Waals surface area (Å²) < 4.78 is 12.3. The Hall–Kier alpha value is -1.18. The molecule has 2 fully saturated rings. The number of rotatable bonds is 1. The average molecular weight is 289 g/mol. The van der Waals surface area contributed by atoms with Gasteiger partial charge in [-0.15, -0.1) is 0 Å². The van der Waals surface area contributed by atoms with Crippen molar-refractivity contribution in [1.82, 2.24) is 0 Å². The zero-order chi connectivity index (χ0) is 14.3. The van der Waals surface area contributed by atoms with Crippen LogP contribution in [0, 0.1) is 18.3 Å². The molecule has 2 aliphatic rings. The Morgan fingerprint density at radius 3 is 2.60 bits per heavy atom. The number of nitriles is 1. The van der Waals surface area contributed by atoms with Gasteiger partial charge in [0.1, 0.15) is 0 Å². The first-order chi connectivity index (χ1) is 9.53. The van der Waals surface area contributed by atoms with E-state index in [0.717, 1.165) is 30.4 Å². The van der Waals surface area contributed by atoms with Gasteiger partial charge in [-0.1, -0.05) is 12.5 Å². The van der Waals surface area contributed by atoms with Crippen molar-refractivity contribution in [3.8, 4) is 6.07 Å². The molecule has 20 heavy (non-hydrogen) atoms. The summed E-state index contributed by atoms with van der Waals surface area (Å²) in [6.07, 6.45) is 4.14. The van der Waals surface area contributed by atoms with Crippen molar-refractivity contribution in [2.45, 2.75) is 55.1 Å². The van der Waals surface area contributed by atoms with Crippen LogP contribution >= 0.6 is 0 Å². The summed E-state index contributed by atoms with van der Waals surface area (Å²) in [5.74, 6) is 0. The van der Waals surface area contributed by atoms with E-state index in [9.17, 15) is 9.32 Å². The lowest BCUT2D eigenvalue weighted by molar-refractivity contribution is 0.00596. The van der Waals surface area contributed by atoms with E-state index in [4.69, 9.17) is 5.26 Å². The first-order valence-electron chi connectivity index (χ1n) is 7.16. The highest BCUT2D eigenvalue weighted by Gasteiger charge is 2.46. The molecule has 106 valence electrons. The van der Waals surface area contributed by atoms with Gasteiger partial charge in [0, 0.05) is 21.3 Å². The molecule has 1 N–H and O–H groups in total. The second-order valence-corrected chi connectivity index (χ2v) is 8.08. The van der Waals surface area contributed by atoms with Crippen molar-refractivity contribution in [2.75, 3.05) is 0 Å². The topological polar surface area (TPSA) is 61.1 Å². The predicted octanol–water partition coefficient (Wildman–Crippen LogP) is 2.52. The van der Waals surface area contributed by atoms with Gasteiger partial charge in [-0.05, 0) is 55.9 Å². The fraction of sp³-hybridized carbons (Fsp3) is 0.562. The van der Waals surface area contributed by atoms with Crippen molar-refractivity contribution < 1.29 is 9.32 Å². The summed E-state index contributed by atoms with van der Waals surface area (Å²) >= 11 is 0. The van der Waals surface area contributed by atoms with E-state index >= 15 is 0 Å². The largest absolute Gasteiger partial charge is 0.385 e. The number of aliphatic hydroxyl groups is 1. The van der Waals surface area contributed by atoms with E-state index in [1.165, 1.54) is 0 Å². The first-order valence-corrected chi connectivity index (χ1v) is 8.44. The maximum Gasteiger partial charge on any atom is 0.0991 e. The van der Waals surface area contributed by atoms with Gasteiger partial charge in [-0.2, -0.15) is 5.26 Å². The van der Waals surface area contributed by atoms with Gasteiger partial charge in [-0.25, -0.2) is 0 Å². The summed E-state index contributed by atoms with van der Waals surface area (Å²) in [5, 5.41) is 20.4. The lowest BCUT2D eigenvalue weighted by atomic mass is 9.78. The molecule has 0 saturated carbocycles. The van der Waals surface area contributed by atoms with Crippen LogP contribution in [0.25, 0.3) is 0 Å². The zero-order valence-corrected chi connectivity index (χ0v) is 12.4. The van der Waals surface area contributed by atoms with Gasteiger partial charge in [-0.3, -0.25) is 4.21 Å². The molecule has 0 spiro atoms.